The molecule has 1 atom stereocenters. The predicted octanol–water partition coefficient (Wildman–Crippen LogP) is 4.21. The molecule has 27 heavy (non-hydrogen) atoms. The molecule has 1 unspecified atom stereocenters. The van der Waals surface area contributed by atoms with E-state index in [1.165, 1.54) is 0 Å². The van der Waals surface area contributed by atoms with E-state index in [4.69, 9.17) is 4.74 Å². The molecule has 3 rings (SSSR count). The number of carbonyl (C=O) groups excluding carboxylic acids is 1. The molecule has 0 radical (unpaired) electrons. The van der Waals surface area contributed by atoms with Crippen molar-refractivity contribution in [3.05, 3.63) is 72.6 Å². The average Bonchev–Trinajstić information content (AvgIpc) is 3.06. The van der Waals surface area contributed by atoms with Crippen molar-refractivity contribution in [1.29, 1.82) is 0 Å². The van der Waals surface area contributed by atoms with Crippen molar-refractivity contribution >= 4 is 25.1 Å². The molecule has 2 aromatic carbocycles. The van der Waals surface area contributed by atoms with Gasteiger partial charge >= 0.3 is 161 Å². The summed E-state index contributed by atoms with van der Waals surface area (Å²) in [4.78, 5) is 24.4. The van der Waals surface area contributed by atoms with Gasteiger partial charge in [-0.1, -0.05) is 0 Å². The van der Waals surface area contributed by atoms with Gasteiger partial charge in [-0.3, -0.25) is 0 Å². The Bertz CT molecular complexity index is 750. The van der Waals surface area contributed by atoms with Crippen molar-refractivity contribution in [2.24, 2.45) is 5.92 Å². The van der Waals surface area contributed by atoms with Crippen LogP contribution in [0.1, 0.15) is 13.8 Å². The number of nitrogens with zero attached hydrogens (tertiary/aromatic N) is 2. The second-order valence-electron chi connectivity index (χ2n) is 6.61. The average molecular weight is 386 g/mol. The van der Waals surface area contributed by atoms with Crippen molar-refractivity contribution < 1.29 is 14.4 Å². The summed E-state index contributed by atoms with van der Waals surface area (Å²) >= 11 is 0. The summed E-state index contributed by atoms with van der Waals surface area (Å²) in [6.45, 7) is 9.36. The summed E-state index contributed by atoms with van der Waals surface area (Å²) in [5.74, 6) is -0.937. The molecule has 0 bridgehead atoms. The first-order valence-electron chi connectivity index (χ1n) is 9.23. The van der Waals surface area contributed by atoms with Crippen molar-refractivity contribution in [3.8, 4) is 0 Å². The molecular formula is C21H27N2O3P. The zero-order chi connectivity index (χ0) is 19.4. The van der Waals surface area contributed by atoms with Gasteiger partial charge in [0.2, 0.25) is 0 Å². The number of benzene rings is 2. The van der Waals surface area contributed by atoms with Crippen molar-refractivity contribution in [2.45, 2.75) is 13.8 Å². The van der Waals surface area contributed by atoms with Gasteiger partial charge in [0.25, 0.3) is 0 Å². The van der Waals surface area contributed by atoms with E-state index >= 15 is 0 Å². The zero-order valence-corrected chi connectivity index (χ0v) is 16.8. The first-order chi connectivity index (χ1) is 13.0. The second-order valence-corrected chi connectivity index (χ2v) is 9.60. The van der Waals surface area contributed by atoms with E-state index in [9.17, 15) is 9.69 Å². The third kappa shape index (κ3) is 3.58. The Hall–Kier alpha value is -2.36. The summed E-state index contributed by atoms with van der Waals surface area (Å²) in [7, 11) is -3.41. The molecule has 1 N–H and O–H groups in total. The molecule has 1 aliphatic heterocycles. The Balaban J connectivity index is 2.04. The summed E-state index contributed by atoms with van der Waals surface area (Å²) in [5, 5.41) is 0.533. The fourth-order valence-corrected chi connectivity index (χ4v) is 7.06. The SMILES string of the molecule is C=C(C(C)C(=O)OCC)[PH]1(O)N(c2ccccc2)CCN1c1ccccc1. The minimum absolute atomic E-state index is 0.307. The van der Waals surface area contributed by atoms with Crippen LogP contribution in [0.5, 0.6) is 0 Å². The van der Waals surface area contributed by atoms with Crippen LogP contribution < -0.4 is 9.34 Å². The fourth-order valence-electron chi connectivity index (χ4n) is 3.54. The van der Waals surface area contributed by atoms with Gasteiger partial charge in [0, 0.05) is 0 Å². The second kappa shape index (κ2) is 8.12. The Morgan fingerprint density at radius 2 is 1.52 bits per heavy atom. The molecule has 1 saturated heterocycles. The van der Waals surface area contributed by atoms with Crippen LogP contribution in [0.4, 0.5) is 11.4 Å². The van der Waals surface area contributed by atoms with Crippen LogP contribution in [-0.4, -0.2) is 30.6 Å². The molecule has 2 aromatic rings. The van der Waals surface area contributed by atoms with Crippen molar-refractivity contribution in [1.82, 2.24) is 0 Å². The van der Waals surface area contributed by atoms with E-state index in [1.807, 2.05) is 70.0 Å². The molecule has 0 aromatic heterocycles. The number of rotatable bonds is 6. The van der Waals surface area contributed by atoms with Gasteiger partial charge in [-0.05, 0) is 0 Å². The molecule has 0 saturated carbocycles. The number of carbonyl (C=O) groups is 1. The van der Waals surface area contributed by atoms with Gasteiger partial charge < -0.3 is 0 Å². The Morgan fingerprint density at radius 3 is 1.93 bits per heavy atom. The van der Waals surface area contributed by atoms with Crippen LogP contribution in [0.15, 0.2) is 72.6 Å². The maximum atomic E-state index is 12.4. The van der Waals surface area contributed by atoms with Crippen LogP contribution in [0, 0.1) is 5.92 Å². The van der Waals surface area contributed by atoms with Crippen LogP contribution in [-0.2, 0) is 9.53 Å². The molecule has 0 aliphatic carbocycles. The fraction of sp³-hybridized carbons (Fsp3) is 0.286. The standard InChI is InChI=1S/C21H27N2O3P/c1-4-26-21(24)17(2)18(3)27(25)22(19-11-7-5-8-12-19)15-16-23(27)20-13-9-6-10-14-20/h5-14,17,25,27H,3-4,15-16H2,1-2H3. The monoisotopic (exact) mass is 386 g/mol. The Kier molecular flexibility index (Phi) is 5.83. The summed E-state index contributed by atoms with van der Waals surface area (Å²) in [6, 6.07) is 19.6. The summed E-state index contributed by atoms with van der Waals surface area (Å²) in [6.07, 6.45) is 0. The quantitative estimate of drug-likeness (QED) is 0.595. The first kappa shape index (κ1) is 19.4. The van der Waals surface area contributed by atoms with Gasteiger partial charge in [-0.2, -0.15) is 0 Å². The van der Waals surface area contributed by atoms with Crippen LogP contribution >= 0.6 is 7.79 Å². The van der Waals surface area contributed by atoms with E-state index < -0.39 is 13.7 Å². The van der Waals surface area contributed by atoms with Crippen LogP contribution in [0.2, 0.25) is 0 Å². The first-order valence-corrected chi connectivity index (χ1v) is 11.1. The van der Waals surface area contributed by atoms with E-state index in [1.54, 1.807) is 13.8 Å². The maximum absolute atomic E-state index is 12.4. The molecule has 1 fully saturated rings. The zero-order valence-electron chi connectivity index (χ0n) is 15.8. The third-order valence-corrected chi connectivity index (χ3v) is 8.79. The summed E-state index contributed by atoms with van der Waals surface area (Å²) < 4.78 is 9.24. The normalized spacial score (nSPS) is 18.0. The number of hydrogen-bond acceptors (Lipinski definition) is 5. The molecule has 0 spiro atoms. The van der Waals surface area contributed by atoms with Crippen molar-refractivity contribution in [3.63, 3.8) is 0 Å². The molecule has 1 aliphatic rings. The van der Waals surface area contributed by atoms with E-state index in [-0.39, 0.29) is 5.97 Å². The molecule has 0 amide bonds. The minimum atomic E-state index is -3.41. The van der Waals surface area contributed by atoms with Crippen LogP contribution in [0.25, 0.3) is 0 Å². The van der Waals surface area contributed by atoms with Gasteiger partial charge in [0.1, 0.15) is 0 Å². The van der Waals surface area contributed by atoms with E-state index in [0.29, 0.717) is 25.0 Å². The van der Waals surface area contributed by atoms with Gasteiger partial charge in [-0.15, -0.1) is 0 Å². The van der Waals surface area contributed by atoms with Gasteiger partial charge in [-0.25, -0.2) is 0 Å². The number of para-hydroxylation sites is 2. The number of hydrogen-bond donors (Lipinski definition) is 1. The molecular weight excluding hydrogens is 359 g/mol. The van der Waals surface area contributed by atoms with Crippen LogP contribution in [0.3, 0.4) is 0 Å². The molecule has 5 nitrogen and oxygen atoms in total. The van der Waals surface area contributed by atoms with Gasteiger partial charge in [0.05, 0.1) is 0 Å². The Morgan fingerprint density at radius 1 is 1.07 bits per heavy atom. The number of ether oxygens (including phenoxy) is 1. The third-order valence-electron chi connectivity index (χ3n) is 5.03. The van der Waals surface area contributed by atoms with Gasteiger partial charge in [0.15, 0.2) is 0 Å². The van der Waals surface area contributed by atoms with E-state index in [0.717, 1.165) is 11.4 Å². The predicted molar refractivity (Wildman–Crippen MR) is 113 cm³/mol. The molecule has 144 valence electrons. The Labute approximate surface area is 161 Å². The summed E-state index contributed by atoms with van der Waals surface area (Å²) in [5.41, 5.74) is 1.87. The molecule has 1 heterocycles. The topological polar surface area (TPSA) is 53.0 Å². The van der Waals surface area contributed by atoms with Crippen molar-refractivity contribution in [2.75, 3.05) is 29.0 Å². The number of esters is 1. The number of anilines is 2. The molecule has 6 heteroatoms. The van der Waals surface area contributed by atoms with E-state index in [2.05, 4.69) is 6.58 Å².